The van der Waals surface area contributed by atoms with Crippen molar-refractivity contribution in [1.29, 1.82) is 0 Å². The molecular weight excluding hydrogens is 436 g/mol. The van der Waals surface area contributed by atoms with Crippen molar-refractivity contribution in [1.82, 2.24) is 9.88 Å². The number of pyridine rings is 1. The molecule has 1 saturated heterocycles. The second-order valence-electron chi connectivity index (χ2n) is 8.89. The molecule has 4 aromatic rings. The molecule has 2 heterocycles. The number of amides is 1. The predicted octanol–water partition coefficient (Wildman–Crippen LogP) is 6.13. The van der Waals surface area contributed by atoms with Crippen molar-refractivity contribution < 1.29 is 14.3 Å². The smallest absolute Gasteiger partial charge is 0.339 e. The lowest BCUT2D eigenvalue weighted by atomic mass is 10.0. The molecule has 1 aromatic heterocycles. The SMILES string of the molecule is O=C(OCC(=O)N1CCCCCC1)c1cc(-c2ccc(-c3ccccc3)cc2)nc2ccccc12. The van der Waals surface area contributed by atoms with Crippen LogP contribution in [0.3, 0.4) is 0 Å². The molecule has 176 valence electrons. The summed E-state index contributed by atoms with van der Waals surface area (Å²) in [5.41, 5.74) is 4.98. The van der Waals surface area contributed by atoms with Gasteiger partial charge in [0.15, 0.2) is 6.61 Å². The third kappa shape index (κ3) is 5.24. The summed E-state index contributed by atoms with van der Waals surface area (Å²) in [5.74, 6) is -0.635. The molecule has 5 nitrogen and oxygen atoms in total. The van der Waals surface area contributed by atoms with Crippen LogP contribution in [0.15, 0.2) is 84.9 Å². The fraction of sp³-hybridized carbons (Fsp3) is 0.233. The lowest BCUT2D eigenvalue weighted by Crippen LogP contribution is -2.35. The summed E-state index contributed by atoms with van der Waals surface area (Å²) in [4.78, 5) is 32.3. The first kappa shape index (κ1) is 22.8. The molecule has 1 fully saturated rings. The zero-order valence-corrected chi connectivity index (χ0v) is 19.7. The highest BCUT2D eigenvalue weighted by Gasteiger charge is 2.20. The fourth-order valence-corrected chi connectivity index (χ4v) is 4.57. The summed E-state index contributed by atoms with van der Waals surface area (Å²) in [6, 6.07) is 27.6. The fourth-order valence-electron chi connectivity index (χ4n) is 4.57. The van der Waals surface area contributed by atoms with Crippen LogP contribution in [0, 0.1) is 0 Å². The van der Waals surface area contributed by atoms with E-state index in [4.69, 9.17) is 9.72 Å². The average molecular weight is 465 g/mol. The molecule has 1 amide bonds. The number of hydrogen-bond acceptors (Lipinski definition) is 4. The molecule has 3 aromatic carbocycles. The van der Waals surface area contributed by atoms with Gasteiger partial charge in [0.05, 0.1) is 16.8 Å². The van der Waals surface area contributed by atoms with Gasteiger partial charge in [0.1, 0.15) is 0 Å². The number of carbonyl (C=O) groups excluding carboxylic acids is 2. The zero-order chi connectivity index (χ0) is 24.0. The van der Waals surface area contributed by atoms with Crippen LogP contribution >= 0.6 is 0 Å². The Bertz CT molecular complexity index is 1330. The molecule has 35 heavy (non-hydrogen) atoms. The zero-order valence-electron chi connectivity index (χ0n) is 19.7. The van der Waals surface area contributed by atoms with Crippen molar-refractivity contribution >= 4 is 22.8 Å². The molecule has 0 aliphatic carbocycles. The Kier molecular flexibility index (Phi) is 6.85. The van der Waals surface area contributed by atoms with Crippen LogP contribution in [-0.2, 0) is 9.53 Å². The molecule has 0 spiro atoms. The largest absolute Gasteiger partial charge is 0.452 e. The number of benzene rings is 3. The number of carbonyl (C=O) groups is 2. The highest BCUT2D eigenvalue weighted by molar-refractivity contribution is 6.05. The van der Waals surface area contributed by atoms with E-state index in [-0.39, 0.29) is 12.5 Å². The Labute approximate surface area is 205 Å². The van der Waals surface area contributed by atoms with Crippen LogP contribution in [0.5, 0.6) is 0 Å². The van der Waals surface area contributed by atoms with Crippen LogP contribution in [0.25, 0.3) is 33.3 Å². The Hall–Kier alpha value is -3.99. The molecule has 0 bridgehead atoms. The number of para-hydroxylation sites is 1. The maximum atomic E-state index is 13.1. The van der Waals surface area contributed by atoms with Crippen molar-refractivity contribution in [3.05, 3.63) is 90.5 Å². The van der Waals surface area contributed by atoms with Gasteiger partial charge in [-0.05, 0) is 36.1 Å². The van der Waals surface area contributed by atoms with E-state index in [0.717, 1.165) is 55.5 Å². The van der Waals surface area contributed by atoms with Crippen molar-refractivity contribution in [2.45, 2.75) is 25.7 Å². The molecule has 5 rings (SSSR count). The first-order chi connectivity index (χ1) is 17.2. The summed E-state index contributed by atoms with van der Waals surface area (Å²) >= 11 is 0. The number of nitrogens with zero attached hydrogens (tertiary/aromatic N) is 2. The van der Waals surface area contributed by atoms with Gasteiger partial charge in [-0.2, -0.15) is 0 Å². The minimum atomic E-state index is -0.506. The lowest BCUT2D eigenvalue weighted by molar-refractivity contribution is -0.134. The molecule has 0 radical (unpaired) electrons. The van der Waals surface area contributed by atoms with Crippen LogP contribution < -0.4 is 0 Å². The van der Waals surface area contributed by atoms with E-state index in [0.29, 0.717) is 22.2 Å². The van der Waals surface area contributed by atoms with Crippen molar-refractivity contribution in [3.63, 3.8) is 0 Å². The highest BCUT2D eigenvalue weighted by atomic mass is 16.5. The number of rotatable bonds is 5. The van der Waals surface area contributed by atoms with E-state index in [1.807, 2.05) is 59.5 Å². The first-order valence-corrected chi connectivity index (χ1v) is 12.2. The molecule has 0 N–H and O–H groups in total. The molecule has 1 aliphatic rings. The van der Waals surface area contributed by atoms with Gasteiger partial charge in [0.25, 0.3) is 5.91 Å². The maximum Gasteiger partial charge on any atom is 0.339 e. The number of likely N-dealkylation sites (tertiary alicyclic amines) is 1. The van der Waals surface area contributed by atoms with Crippen molar-refractivity contribution in [2.75, 3.05) is 19.7 Å². The second kappa shape index (κ2) is 10.5. The average Bonchev–Trinajstić information content (AvgIpc) is 3.21. The van der Waals surface area contributed by atoms with Crippen molar-refractivity contribution in [2.24, 2.45) is 0 Å². The third-order valence-electron chi connectivity index (χ3n) is 6.51. The Morgan fingerprint density at radius 2 is 1.37 bits per heavy atom. The summed E-state index contributed by atoms with van der Waals surface area (Å²) in [7, 11) is 0. The lowest BCUT2D eigenvalue weighted by Gasteiger charge is -2.20. The Morgan fingerprint density at radius 1 is 0.743 bits per heavy atom. The van der Waals surface area contributed by atoms with Gasteiger partial charge in [-0.15, -0.1) is 0 Å². The van der Waals surface area contributed by atoms with Gasteiger partial charge in [-0.25, -0.2) is 9.78 Å². The predicted molar refractivity (Wildman–Crippen MR) is 138 cm³/mol. The summed E-state index contributed by atoms with van der Waals surface area (Å²) in [5, 5.41) is 0.712. The number of ether oxygens (including phenoxy) is 1. The number of esters is 1. The Morgan fingerprint density at radius 3 is 2.11 bits per heavy atom. The summed E-state index contributed by atoms with van der Waals surface area (Å²) in [6.07, 6.45) is 4.28. The van der Waals surface area contributed by atoms with E-state index in [2.05, 4.69) is 24.3 Å². The van der Waals surface area contributed by atoms with Gasteiger partial charge in [0.2, 0.25) is 0 Å². The summed E-state index contributed by atoms with van der Waals surface area (Å²) in [6.45, 7) is 1.23. The minimum absolute atomic E-state index is 0.129. The second-order valence-corrected chi connectivity index (χ2v) is 8.89. The molecule has 0 atom stereocenters. The maximum absolute atomic E-state index is 13.1. The van der Waals surface area contributed by atoms with E-state index in [9.17, 15) is 9.59 Å². The van der Waals surface area contributed by atoms with Gasteiger partial charge >= 0.3 is 5.97 Å². The Balaban J connectivity index is 1.39. The summed E-state index contributed by atoms with van der Waals surface area (Å²) < 4.78 is 5.50. The number of aromatic nitrogens is 1. The van der Waals surface area contributed by atoms with Gasteiger partial charge < -0.3 is 9.64 Å². The van der Waals surface area contributed by atoms with Crippen LogP contribution in [0.2, 0.25) is 0 Å². The first-order valence-electron chi connectivity index (χ1n) is 12.2. The minimum Gasteiger partial charge on any atom is -0.452 e. The monoisotopic (exact) mass is 464 g/mol. The van der Waals surface area contributed by atoms with Crippen LogP contribution in [0.1, 0.15) is 36.0 Å². The van der Waals surface area contributed by atoms with E-state index >= 15 is 0 Å². The highest BCUT2D eigenvalue weighted by Crippen LogP contribution is 2.28. The number of fused-ring (bicyclic) bond motifs is 1. The van der Waals surface area contributed by atoms with E-state index < -0.39 is 5.97 Å². The van der Waals surface area contributed by atoms with Crippen LogP contribution in [-0.4, -0.2) is 41.5 Å². The van der Waals surface area contributed by atoms with E-state index in [1.54, 1.807) is 6.07 Å². The third-order valence-corrected chi connectivity index (χ3v) is 6.51. The van der Waals surface area contributed by atoms with Gasteiger partial charge in [0, 0.05) is 24.0 Å². The van der Waals surface area contributed by atoms with Gasteiger partial charge in [-0.3, -0.25) is 4.79 Å². The quantitative estimate of drug-likeness (QED) is 0.334. The molecule has 1 aliphatic heterocycles. The molecule has 0 unspecified atom stereocenters. The molecular formula is C30H28N2O3. The van der Waals surface area contributed by atoms with Crippen LogP contribution in [0.4, 0.5) is 0 Å². The standard InChI is InChI=1S/C30H28N2O3/c33-29(32-18-8-1-2-9-19-32)21-35-30(34)26-20-28(31-27-13-7-6-12-25(26)27)24-16-14-23(15-17-24)22-10-4-3-5-11-22/h3-7,10-17,20H,1-2,8-9,18-19,21H2. The van der Waals surface area contributed by atoms with Gasteiger partial charge in [-0.1, -0.05) is 85.6 Å². The molecule has 0 saturated carbocycles. The number of hydrogen-bond donors (Lipinski definition) is 0. The van der Waals surface area contributed by atoms with Crippen molar-refractivity contribution in [3.8, 4) is 22.4 Å². The molecule has 5 heteroatoms. The topological polar surface area (TPSA) is 59.5 Å². The normalized spacial score (nSPS) is 13.9. The van der Waals surface area contributed by atoms with E-state index in [1.165, 1.54) is 0 Å².